The van der Waals surface area contributed by atoms with Crippen LogP contribution < -0.4 is 21.3 Å². The minimum atomic E-state index is -1.40. The molecule has 4 bridgehead atoms. The maximum atomic E-state index is 13.6. The third kappa shape index (κ3) is 12.1. The average Bonchev–Trinajstić information content (AvgIpc) is 3.04. The maximum Gasteiger partial charge on any atom is 0.408 e. The Bertz CT molecular complexity index is 1320. The molecule has 5 rings (SSSR count). The molecule has 4 amide bonds. The number of aliphatic hydroxyl groups is 1. The van der Waals surface area contributed by atoms with Crippen molar-refractivity contribution in [2.75, 3.05) is 6.54 Å². The molecule has 51 heavy (non-hydrogen) atoms. The van der Waals surface area contributed by atoms with Crippen LogP contribution in [0.15, 0.2) is 30.3 Å². The summed E-state index contributed by atoms with van der Waals surface area (Å²) in [5, 5.41) is 20.9. The summed E-state index contributed by atoms with van der Waals surface area (Å²) in [5.41, 5.74) is -0.0473. The van der Waals surface area contributed by atoms with Gasteiger partial charge in [-0.05, 0) is 114 Å². The van der Waals surface area contributed by atoms with Gasteiger partial charge in [0.1, 0.15) is 36.4 Å². The third-order valence-corrected chi connectivity index (χ3v) is 10.1. The lowest BCUT2D eigenvalue weighted by Gasteiger charge is -2.53. The second-order valence-electron chi connectivity index (χ2n) is 16.0. The van der Waals surface area contributed by atoms with E-state index in [1.807, 2.05) is 30.3 Å². The van der Waals surface area contributed by atoms with Crippen LogP contribution >= 0.6 is 0 Å². The number of ether oxygens (including phenoxy) is 3. The number of esters is 1. The van der Waals surface area contributed by atoms with Crippen molar-refractivity contribution in [3.05, 3.63) is 35.9 Å². The Hall–Kier alpha value is -3.87. The number of carbonyl (C=O) groups excluding carboxylic acids is 5. The molecule has 0 spiro atoms. The number of amides is 4. The lowest BCUT2D eigenvalue weighted by molar-refractivity contribution is -0.149. The molecule has 4 aliphatic rings. The minimum Gasteiger partial charge on any atom is -0.459 e. The van der Waals surface area contributed by atoms with E-state index in [1.165, 1.54) is 13.3 Å². The smallest absolute Gasteiger partial charge is 0.408 e. The van der Waals surface area contributed by atoms with Crippen LogP contribution in [0.3, 0.4) is 0 Å². The zero-order valence-electron chi connectivity index (χ0n) is 30.9. The second kappa shape index (κ2) is 18.1. The molecule has 13 heteroatoms. The van der Waals surface area contributed by atoms with E-state index in [2.05, 4.69) is 21.3 Å². The zero-order valence-corrected chi connectivity index (χ0v) is 30.9. The summed E-state index contributed by atoms with van der Waals surface area (Å²) in [4.78, 5) is 65.2. The highest BCUT2D eigenvalue weighted by molar-refractivity contribution is 5.93. The van der Waals surface area contributed by atoms with E-state index in [0.717, 1.165) is 43.1 Å². The topological polar surface area (TPSA) is 181 Å². The van der Waals surface area contributed by atoms with E-state index < -0.39 is 65.7 Å². The van der Waals surface area contributed by atoms with Gasteiger partial charge in [0, 0.05) is 6.54 Å². The van der Waals surface area contributed by atoms with Crippen LogP contribution in [0.5, 0.6) is 0 Å². The van der Waals surface area contributed by atoms with Gasteiger partial charge in [-0.25, -0.2) is 14.4 Å². The number of rotatable bonds is 16. The van der Waals surface area contributed by atoms with Crippen molar-refractivity contribution in [3.63, 3.8) is 0 Å². The molecule has 4 atom stereocenters. The van der Waals surface area contributed by atoms with Crippen LogP contribution in [0.1, 0.15) is 98.5 Å². The summed E-state index contributed by atoms with van der Waals surface area (Å²) in [7, 11) is 0. The molecule has 0 aliphatic heterocycles. The van der Waals surface area contributed by atoms with Crippen LogP contribution in [0.4, 0.5) is 9.59 Å². The van der Waals surface area contributed by atoms with Crippen molar-refractivity contribution >= 4 is 30.0 Å². The van der Waals surface area contributed by atoms with Crippen LogP contribution in [0.25, 0.3) is 0 Å². The first-order chi connectivity index (χ1) is 24.1. The summed E-state index contributed by atoms with van der Waals surface area (Å²) >= 11 is 0. The lowest BCUT2D eigenvalue weighted by Crippen LogP contribution is -2.59. The molecular weight excluding hydrogens is 656 g/mol. The standard InChI is InChI=1S/C38H58N4O9/c1-22(2)30(41-34(45)31(23(3)43)42-37(48)51-38(4,5)6)33(44)40-29(35(46)49-21-24-12-8-7-9-13-24)14-10-11-15-39-36(47)50-32-27-17-25-16-26(19-27)20-28(32)18-25/h7-9,12-13,22-23,25-32,43H,10-11,14-21H2,1-6H3,(H,39,47)(H,40,44)(H,41,45)(H,42,48)/t23-,25?,26?,27?,28?,29+,30+,31+,32?/m1/s1. The summed E-state index contributed by atoms with van der Waals surface area (Å²) in [6, 6.07) is 5.62. The van der Waals surface area contributed by atoms with E-state index in [0.29, 0.717) is 31.2 Å². The Morgan fingerprint density at radius 3 is 1.98 bits per heavy atom. The predicted molar refractivity (Wildman–Crippen MR) is 189 cm³/mol. The number of hydrogen-bond donors (Lipinski definition) is 5. The molecule has 0 aromatic heterocycles. The van der Waals surface area contributed by atoms with Gasteiger partial charge >= 0.3 is 18.2 Å². The summed E-state index contributed by atoms with van der Waals surface area (Å²) in [6.07, 6.45) is 4.58. The Kier molecular flexibility index (Phi) is 14.1. The largest absolute Gasteiger partial charge is 0.459 e. The van der Waals surface area contributed by atoms with Gasteiger partial charge in [-0.3, -0.25) is 9.59 Å². The molecule has 4 aliphatic carbocycles. The average molecular weight is 715 g/mol. The van der Waals surface area contributed by atoms with Gasteiger partial charge in [0.05, 0.1) is 6.10 Å². The van der Waals surface area contributed by atoms with Crippen molar-refractivity contribution < 1.29 is 43.3 Å². The molecule has 1 aromatic carbocycles. The molecule has 0 radical (unpaired) electrons. The van der Waals surface area contributed by atoms with Gasteiger partial charge in [0.25, 0.3) is 0 Å². The number of aliphatic hydroxyl groups excluding tert-OH is 1. The number of alkyl carbamates (subject to hydrolysis) is 2. The Morgan fingerprint density at radius 1 is 0.804 bits per heavy atom. The van der Waals surface area contributed by atoms with E-state index in [4.69, 9.17) is 14.2 Å². The first kappa shape index (κ1) is 39.9. The highest BCUT2D eigenvalue weighted by Crippen LogP contribution is 2.54. The minimum absolute atomic E-state index is 0.00451. The fourth-order valence-electron chi connectivity index (χ4n) is 7.85. The molecule has 1 aromatic rings. The number of nitrogens with one attached hydrogen (secondary N) is 4. The Morgan fingerprint density at radius 2 is 1.41 bits per heavy atom. The number of unbranched alkanes of at least 4 members (excludes halogenated alkanes) is 1. The van der Waals surface area contributed by atoms with Crippen molar-refractivity contribution in [2.45, 2.75) is 135 Å². The van der Waals surface area contributed by atoms with E-state index >= 15 is 0 Å². The molecule has 0 heterocycles. The van der Waals surface area contributed by atoms with Gasteiger partial charge < -0.3 is 40.6 Å². The van der Waals surface area contributed by atoms with E-state index in [-0.39, 0.29) is 19.1 Å². The summed E-state index contributed by atoms with van der Waals surface area (Å²) < 4.78 is 16.7. The maximum absolute atomic E-state index is 13.6. The predicted octanol–water partition coefficient (Wildman–Crippen LogP) is 4.35. The summed E-state index contributed by atoms with van der Waals surface area (Å²) in [6.45, 7) is 10.1. The highest BCUT2D eigenvalue weighted by Gasteiger charge is 2.50. The van der Waals surface area contributed by atoms with Crippen molar-refractivity contribution in [1.82, 2.24) is 21.3 Å². The number of carbonyl (C=O) groups is 5. The molecule has 5 N–H and O–H groups in total. The lowest BCUT2D eigenvalue weighted by atomic mass is 9.55. The quantitative estimate of drug-likeness (QED) is 0.0945. The first-order valence-corrected chi connectivity index (χ1v) is 18.5. The van der Waals surface area contributed by atoms with Gasteiger partial charge in [-0.15, -0.1) is 0 Å². The van der Waals surface area contributed by atoms with E-state index in [1.54, 1.807) is 34.6 Å². The monoisotopic (exact) mass is 714 g/mol. The zero-order chi connectivity index (χ0) is 37.3. The molecular formula is C38H58N4O9. The van der Waals surface area contributed by atoms with Crippen LogP contribution in [-0.4, -0.2) is 77.6 Å². The Labute approximate surface area is 301 Å². The van der Waals surface area contributed by atoms with Crippen LogP contribution in [-0.2, 0) is 35.2 Å². The van der Waals surface area contributed by atoms with Crippen molar-refractivity contribution in [2.24, 2.45) is 29.6 Å². The molecule has 284 valence electrons. The van der Waals surface area contributed by atoms with Crippen molar-refractivity contribution in [3.8, 4) is 0 Å². The summed E-state index contributed by atoms with van der Waals surface area (Å²) in [5.74, 6) is 0.0436. The van der Waals surface area contributed by atoms with Crippen LogP contribution in [0.2, 0.25) is 0 Å². The number of hydrogen-bond acceptors (Lipinski definition) is 9. The molecule has 4 fully saturated rings. The van der Waals surface area contributed by atoms with Gasteiger partial charge in [0.15, 0.2) is 0 Å². The fourth-order valence-corrected chi connectivity index (χ4v) is 7.85. The fraction of sp³-hybridized carbons (Fsp3) is 0.711. The SMILES string of the molecule is CC(C)[C@H](NC(=O)[C@@H](NC(=O)OC(C)(C)C)[C@@H](C)O)C(=O)N[C@@H](CCCCNC(=O)OC1C2CC3CC(C2)CC1C3)C(=O)OCc1ccccc1. The molecule has 0 unspecified atom stereocenters. The van der Waals surface area contributed by atoms with E-state index in [9.17, 15) is 29.1 Å². The second-order valence-corrected chi connectivity index (χ2v) is 16.0. The van der Waals surface area contributed by atoms with Gasteiger partial charge in [-0.2, -0.15) is 0 Å². The molecule has 13 nitrogen and oxygen atoms in total. The van der Waals surface area contributed by atoms with Crippen LogP contribution in [0, 0.1) is 29.6 Å². The normalized spacial score (nSPS) is 24.4. The molecule has 4 saturated carbocycles. The van der Waals surface area contributed by atoms with Gasteiger partial charge in [0.2, 0.25) is 11.8 Å². The Balaban J connectivity index is 1.31. The first-order valence-electron chi connectivity index (χ1n) is 18.5. The van der Waals surface area contributed by atoms with Crippen molar-refractivity contribution in [1.29, 1.82) is 0 Å². The van der Waals surface area contributed by atoms with Gasteiger partial charge in [-0.1, -0.05) is 44.2 Å². The third-order valence-electron chi connectivity index (χ3n) is 10.1. The molecule has 0 saturated heterocycles. The number of benzene rings is 1. The highest BCUT2D eigenvalue weighted by atomic mass is 16.6.